The van der Waals surface area contributed by atoms with E-state index in [9.17, 15) is 0 Å². The Kier molecular flexibility index (Phi) is 9.43. The van der Waals surface area contributed by atoms with Crippen LogP contribution in [0.2, 0.25) is 0 Å². The summed E-state index contributed by atoms with van der Waals surface area (Å²) in [5, 5.41) is 4.83. The van der Waals surface area contributed by atoms with Gasteiger partial charge in [0, 0.05) is 49.6 Å². The Morgan fingerprint density at radius 2 is 0.574 bits per heavy atom. The Hall–Kier alpha value is -9.19. The van der Waals surface area contributed by atoms with Gasteiger partial charge < -0.3 is 9.13 Å². The maximum atomic E-state index is 5.00. The number of para-hydroxylation sites is 2. The second-order valence-electron chi connectivity index (χ2n) is 17.3. The van der Waals surface area contributed by atoms with Crippen LogP contribution in [0.4, 0.5) is 0 Å². The molecule has 0 saturated carbocycles. The van der Waals surface area contributed by atoms with Crippen LogP contribution in [-0.2, 0) is 0 Å². The highest BCUT2D eigenvalue weighted by atomic mass is 15.0. The first-order valence-electron chi connectivity index (χ1n) is 23.0. The molecule has 0 fully saturated rings. The summed E-state index contributed by atoms with van der Waals surface area (Å²) < 4.78 is 4.80. The number of benzene rings is 10. The molecule has 0 spiro atoms. The zero-order valence-electron chi connectivity index (χ0n) is 36.9. The summed E-state index contributed by atoms with van der Waals surface area (Å²) in [5.74, 6) is 1.91. The van der Waals surface area contributed by atoms with Gasteiger partial charge in [-0.05, 0) is 112 Å². The number of hydrogen-bond donors (Lipinski definition) is 0. The van der Waals surface area contributed by atoms with E-state index in [1.807, 2.05) is 60.7 Å². The normalized spacial score (nSPS) is 11.5. The average Bonchev–Trinajstić information content (AvgIpc) is 3.94. The molecule has 68 heavy (non-hydrogen) atoms. The number of fused-ring (bicyclic) bond motifs is 6. The van der Waals surface area contributed by atoms with E-state index >= 15 is 0 Å². The lowest BCUT2D eigenvalue weighted by Crippen LogP contribution is -2.00. The first kappa shape index (κ1) is 39.2. The van der Waals surface area contributed by atoms with Crippen LogP contribution in [0.1, 0.15) is 0 Å². The van der Waals surface area contributed by atoms with E-state index in [1.54, 1.807) is 0 Å². The van der Waals surface area contributed by atoms with E-state index in [0.717, 1.165) is 50.1 Å². The van der Waals surface area contributed by atoms with E-state index in [4.69, 9.17) is 15.0 Å². The van der Waals surface area contributed by atoms with Crippen LogP contribution in [0.15, 0.2) is 249 Å². The molecule has 0 atom stereocenters. The molecule has 0 amide bonds. The zero-order valence-corrected chi connectivity index (χ0v) is 36.9. The second kappa shape index (κ2) is 16.4. The van der Waals surface area contributed by atoms with Gasteiger partial charge in [0.2, 0.25) is 0 Å². The Morgan fingerprint density at radius 3 is 1.10 bits per heavy atom. The standard InChI is InChI=1S/C63H41N5/c1-5-17-42(18-6-1)48-37-49(43-19-7-2-8-20-43)39-50(38-48)47-31-36-59-56(40-47)54-26-14-16-28-58(54)68(59)52-34-35-55-53-25-13-15-27-57(53)67(60(55)41-52)51-32-29-46(30-33-51)63-65-61(44-21-9-3-10-22-44)64-62(66-63)45-23-11-4-12-24-45/h1-41H. The van der Waals surface area contributed by atoms with Gasteiger partial charge in [-0.15, -0.1) is 0 Å². The Morgan fingerprint density at radius 1 is 0.206 bits per heavy atom. The van der Waals surface area contributed by atoms with Gasteiger partial charge >= 0.3 is 0 Å². The molecule has 0 aliphatic rings. The smallest absolute Gasteiger partial charge is 0.164 e. The third-order valence-electron chi connectivity index (χ3n) is 13.2. The van der Waals surface area contributed by atoms with Gasteiger partial charge in [0.1, 0.15) is 0 Å². The molecule has 0 aliphatic carbocycles. The summed E-state index contributed by atoms with van der Waals surface area (Å²) in [6.45, 7) is 0. The molecule has 0 unspecified atom stereocenters. The quantitative estimate of drug-likeness (QED) is 0.153. The lowest BCUT2D eigenvalue weighted by molar-refractivity contribution is 1.07. The largest absolute Gasteiger partial charge is 0.309 e. The van der Waals surface area contributed by atoms with Crippen molar-refractivity contribution >= 4 is 43.6 Å². The topological polar surface area (TPSA) is 48.5 Å². The third-order valence-corrected chi connectivity index (χ3v) is 13.2. The van der Waals surface area contributed by atoms with Gasteiger partial charge in [-0.25, -0.2) is 15.0 Å². The lowest BCUT2D eigenvalue weighted by atomic mass is 9.93. The minimum Gasteiger partial charge on any atom is -0.309 e. The van der Waals surface area contributed by atoms with Crippen LogP contribution in [0.5, 0.6) is 0 Å². The zero-order chi connectivity index (χ0) is 45.0. The first-order chi connectivity index (χ1) is 33.7. The molecule has 3 aromatic heterocycles. The van der Waals surface area contributed by atoms with Crippen molar-refractivity contribution in [2.24, 2.45) is 0 Å². The van der Waals surface area contributed by atoms with Crippen LogP contribution in [0.3, 0.4) is 0 Å². The molecule has 3 heterocycles. The van der Waals surface area contributed by atoms with E-state index in [1.165, 1.54) is 54.9 Å². The molecule has 5 nitrogen and oxygen atoms in total. The van der Waals surface area contributed by atoms with Crippen LogP contribution >= 0.6 is 0 Å². The molecule has 0 bridgehead atoms. The van der Waals surface area contributed by atoms with E-state index in [0.29, 0.717) is 17.5 Å². The van der Waals surface area contributed by atoms with Crippen molar-refractivity contribution in [1.29, 1.82) is 0 Å². The van der Waals surface area contributed by atoms with Gasteiger partial charge in [0.05, 0.1) is 22.1 Å². The highest BCUT2D eigenvalue weighted by Crippen LogP contribution is 2.40. The first-order valence-corrected chi connectivity index (χ1v) is 23.0. The predicted molar refractivity (Wildman–Crippen MR) is 281 cm³/mol. The highest BCUT2D eigenvalue weighted by Gasteiger charge is 2.19. The summed E-state index contributed by atoms with van der Waals surface area (Å²) in [5.41, 5.74) is 16.7. The Labute approximate surface area is 393 Å². The van der Waals surface area contributed by atoms with Crippen molar-refractivity contribution < 1.29 is 0 Å². The van der Waals surface area contributed by atoms with Crippen molar-refractivity contribution in [1.82, 2.24) is 24.1 Å². The number of hydrogen-bond acceptors (Lipinski definition) is 3. The van der Waals surface area contributed by atoms with Crippen LogP contribution in [-0.4, -0.2) is 24.1 Å². The minimum absolute atomic E-state index is 0.629. The highest BCUT2D eigenvalue weighted by molar-refractivity contribution is 6.12. The molecule has 0 saturated heterocycles. The maximum Gasteiger partial charge on any atom is 0.164 e. The van der Waals surface area contributed by atoms with Crippen LogP contribution in [0, 0.1) is 0 Å². The fraction of sp³-hybridized carbons (Fsp3) is 0. The van der Waals surface area contributed by atoms with Crippen molar-refractivity contribution in [2.45, 2.75) is 0 Å². The van der Waals surface area contributed by atoms with Gasteiger partial charge in [-0.1, -0.05) is 170 Å². The summed E-state index contributed by atoms with van der Waals surface area (Å²) in [6, 6.07) is 88.5. The molecule has 0 N–H and O–H groups in total. The van der Waals surface area contributed by atoms with Crippen molar-refractivity contribution in [3.8, 4) is 78.9 Å². The number of aromatic nitrogens is 5. The predicted octanol–water partition coefficient (Wildman–Crippen LogP) is 16.1. The van der Waals surface area contributed by atoms with Gasteiger partial charge in [0.15, 0.2) is 17.5 Å². The van der Waals surface area contributed by atoms with Crippen molar-refractivity contribution in [3.63, 3.8) is 0 Å². The number of nitrogens with zero attached hydrogens (tertiary/aromatic N) is 5. The van der Waals surface area contributed by atoms with Crippen LogP contribution in [0.25, 0.3) is 123 Å². The van der Waals surface area contributed by atoms with Crippen molar-refractivity contribution in [2.75, 3.05) is 0 Å². The lowest BCUT2D eigenvalue weighted by Gasteiger charge is -2.13. The van der Waals surface area contributed by atoms with Gasteiger partial charge in [0.25, 0.3) is 0 Å². The Bertz CT molecular complexity index is 3870. The second-order valence-corrected chi connectivity index (χ2v) is 17.3. The van der Waals surface area contributed by atoms with E-state index in [2.05, 4.69) is 197 Å². The summed E-state index contributed by atoms with van der Waals surface area (Å²) in [4.78, 5) is 14.9. The average molecular weight is 868 g/mol. The van der Waals surface area contributed by atoms with Gasteiger partial charge in [-0.2, -0.15) is 0 Å². The van der Waals surface area contributed by atoms with Gasteiger partial charge in [-0.3, -0.25) is 0 Å². The molecule has 10 aromatic carbocycles. The fourth-order valence-corrected chi connectivity index (χ4v) is 9.89. The minimum atomic E-state index is 0.629. The number of rotatable bonds is 8. The molecular formula is C63H41N5. The molecule has 13 aromatic rings. The van der Waals surface area contributed by atoms with E-state index < -0.39 is 0 Å². The maximum absolute atomic E-state index is 5.00. The van der Waals surface area contributed by atoms with Crippen molar-refractivity contribution in [3.05, 3.63) is 249 Å². The summed E-state index contributed by atoms with van der Waals surface area (Å²) >= 11 is 0. The summed E-state index contributed by atoms with van der Waals surface area (Å²) in [7, 11) is 0. The monoisotopic (exact) mass is 867 g/mol. The summed E-state index contributed by atoms with van der Waals surface area (Å²) in [6.07, 6.45) is 0. The SMILES string of the molecule is c1ccc(-c2cc(-c3ccccc3)cc(-c3ccc4c(c3)c3ccccc3n4-c3ccc4c5ccccc5n(-c5ccc(-c6nc(-c7ccccc7)nc(-c7ccccc7)n6)cc5)c4c3)c2)cc1. The molecule has 0 radical (unpaired) electrons. The Balaban J connectivity index is 0.936. The van der Waals surface area contributed by atoms with Crippen LogP contribution < -0.4 is 0 Å². The van der Waals surface area contributed by atoms with E-state index in [-0.39, 0.29) is 0 Å². The third kappa shape index (κ3) is 6.84. The fourth-order valence-electron chi connectivity index (χ4n) is 9.89. The molecule has 13 rings (SSSR count). The molecule has 318 valence electrons. The molecular weight excluding hydrogens is 827 g/mol. The molecule has 0 aliphatic heterocycles. The molecule has 5 heteroatoms.